The van der Waals surface area contributed by atoms with Crippen molar-refractivity contribution >= 4 is 5.91 Å². The molecule has 1 aliphatic heterocycles. The molecule has 0 bridgehead atoms. The molecule has 1 amide bonds. The molecule has 0 spiro atoms. The summed E-state index contributed by atoms with van der Waals surface area (Å²) in [6, 6.07) is -0.531. The quantitative estimate of drug-likeness (QED) is 0.671. The van der Waals surface area contributed by atoms with Gasteiger partial charge >= 0.3 is 0 Å². The average Bonchev–Trinajstić information content (AvgIpc) is 2.22. The molecule has 5 atom stereocenters. The Morgan fingerprint density at radius 1 is 1.38 bits per heavy atom. The van der Waals surface area contributed by atoms with Crippen LogP contribution in [0.1, 0.15) is 13.8 Å². The van der Waals surface area contributed by atoms with E-state index < -0.39 is 24.5 Å². The van der Waals surface area contributed by atoms with Crippen LogP contribution in [0.2, 0.25) is 0 Å². The average molecular weight is 233 g/mol. The number of aliphatic hydroxyl groups excluding tert-OH is 1. The van der Waals surface area contributed by atoms with Gasteiger partial charge < -0.3 is 24.6 Å². The molecule has 0 aromatic carbocycles. The fraction of sp³-hybridized carbons (Fsp3) is 0.900. The third-order valence-electron chi connectivity index (χ3n) is 2.69. The van der Waals surface area contributed by atoms with Crippen molar-refractivity contribution in [3.05, 3.63) is 0 Å². The molecule has 2 N–H and O–H groups in total. The van der Waals surface area contributed by atoms with Gasteiger partial charge in [-0.2, -0.15) is 0 Å². The van der Waals surface area contributed by atoms with Gasteiger partial charge in [0.25, 0.3) is 0 Å². The zero-order chi connectivity index (χ0) is 12.3. The van der Waals surface area contributed by atoms with Gasteiger partial charge in [0.15, 0.2) is 6.29 Å². The highest BCUT2D eigenvalue weighted by Crippen LogP contribution is 2.23. The largest absolute Gasteiger partial charge is 0.386 e. The SMILES string of the molecule is COC1OC(C)C(OC)C(NC(C)=O)C1O. The van der Waals surface area contributed by atoms with Gasteiger partial charge in [0.1, 0.15) is 12.2 Å². The second-order valence-corrected chi connectivity index (χ2v) is 3.86. The van der Waals surface area contributed by atoms with Crippen LogP contribution in [0.3, 0.4) is 0 Å². The third-order valence-corrected chi connectivity index (χ3v) is 2.69. The molecule has 6 heteroatoms. The van der Waals surface area contributed by atoms with E-state index in [4.69, 9.17) is 14.2 Å². The van der Waals surface area contributed by atoms with E-state index in [1.807, 2.05) is 0 Å². The first kappa shape index (κ1) is 13.4. The van der Waals surface area contributed by atoms with Gasteiger partial charge in [-0.05, 0) is 6.92 Å². The van der Waals surface area contributed by atoms with Crippen LogP contribution in [0.25, 0.3) is 0 Å². The molecular weight excluding hydrogens is 214 g/mol. The van der Waals surface area contributed by atoms with Crippen molar-refractivity contribution in [3.8, 4) is 0 Å². The molecule has 6 nitrogen and oxygen atoms in total. The second-order valence-electron chi connectivity index (χ2n) is 3.86. The Hall–Kier alpha value is -0.690. The number of ether oxygens (including phenoxy) is 3. The summed E-state index contributed by atoms with van der Waals surface area (Å²) < 4.78 is 15.6. The molecule has 0 aromatic heterocycles. The summed E-state index contributed by atoms with van der Waals surface area (Å²) in [6.45, 7) is 3.20. The van der Waals surface area contributed by atoms with Gasteiger partial charge in [0, 0.05) is 21.1 Å². The lowest BCUT2D eigenvalue weighted by Gasteiger charge is -2.42. The predicted molar refractivity (Wildman–Crippen MR) is 55.8 cm³/mol. The molecule has 94 valence electrons. The number of nitrogens with one attached hydrogen (secondary N) is 1. The van der Waals surface area contributed by atoms with Crippen LogP contribution < -0.4 is 5.32 Å². The minimum absolute atomic E-state index is 0.227. The van der Waals surface area contributed by atoms with Gasteiger partial charge in [-0.1, -0.05) is 0 Å². The first-order valence-electron chi connectivity index (χ1n) is 5.17. The molecule has 1 saturated heterocycles. The van der Waals surface area contributed by atoms with Crippen molar-refractivity contribution < 1.29 is 24.1 Å². The fourth-order valence-electron chi connectivity index (χ4n) is 1.96. The summed E-state index contributed by atoms with van der Waals surface area (Å²) in [7, 11) is 2.96. The van der Waals surface area contributed by atoms with Crippen molar-refractivity contribution in [2.24, 2.45) is 0 Å². The first-order valence-corrected chi connectivity index (χ1v) is 5.17. The maximum Gasteiger partial charge on any atom is 0.217 e. The van der Waals surface area contributed by atoms with E-state index in [1.165, 1.54) is 21.1 Å². The molecule has 1 aliphatic rings. The number of carbonyl (C=O) groups excluding carboxylic acids is 1. The van der Waals surface area contributed by atoms with Crippen LogP contribution >= 0.6 is 0 Å². The van der Waals surface area contributed by atoms with Gasteiger partial charge in [-0.3, -0.25) is 4.79 Å². The Morgan fingerprint density at radius 2 is 2.00 bits per heavy atom. The smallest absolute Gasteiger partial charge is 0.217 e. The molecular formula is C10H19NO5. The Bertz CT molecular complexity index is 247. The topological polar surface area (TPSA) is 77.0 Å². The van der Waals surface area contributed by atoms with Crippen LogP contribution in [0.15, 0.2) is 0 Å². The minimum atomic E-state index is -0.949. The number of carbonyl (C=O) groups is 1. The zero-order valence-electron chi connectivity index (χ0n) is 9.97. The Kier molecular flexibility index (Phi) is 4.67. The standard InChI is InChI=1S/C10H19NO5/c1-5-9(14-3)7(11-6(2)12)8(13)10(15-4)16-5/h5,7-10,13H,1-4H3,(H,11,12). The lowest BCUT2D eigenvalue weighted by atomic mass is 9.96. The van der Waals surface area contributed by atoms with Gasteiger partial charge in [-0.15, -0.1) is 0 Å². The Morgan fingerprint density at radius 3 is 2.44 bits per heavy atom. The maximum atomic E-state index is 11.1. The number of amides is 1. The molecule has 1 fully saturated rings. The molecule has 0 aliphatic carbocycles. The number of rotatable bonds is 3. The Labute approximate surface area is 94.9 Å². The summed E-state index contributed by atoms with van der Waals surface area (Å²) in [5.41, 5.74) is 0. The van der Waals surface area contributed by atoms with E-state index in [0.29, 0.717) is 0 Å². The van der Waals surface area contributed by atoms with Crippen LogP contribution in [0.5, 0.6) is 0 Å². The maximum absolute atomic E-state index is 11.1. The second kappa shape index (κ2) is 5.58. The highest BCUT2D eigenvalue weighted by Gasteiger charge is 2.44. The molecule has 0 aromatic rings. The van der Waals surface area contributed by atoms with E-state index in [2.05, 4.69) is 5.32 Å². The minimum Gasteiger partial charge on any atom is -0.386 e. The predicted octanol–water partition coefficient (Wildman–Crippen LogP) is -0.742. The molecule has 1 rings (SSSR count). The Balaban J connectivity index is 2.81. The molecule has 0 radical (unpaired) electrons. The number of aliphatic hydroxyl groups is 1. The summed E-state index contributed by atoms with van der Waals surface area (Å²) >= 11 is 0. The van der Waals surface area contributed by atoms with Crippen molar-refractivity contribution in [2.45, 2.75) is 44.5 Å². The number of methoxy groups -OCH3 is 2. The highest BCUT2D eigenvalue weighted by molar-refractivity contribution is 5.73. The number of hydrogen-bond acceptors (Lipinski definition) is 5. The van der Waals surface area contributed by atoms with E-state index >= 15 is 0 Å². The highest BCUT2D eigenvalue weighted by atomic mass is 16.7. The van der Waals surface area contributed by atoms with Crippen LogP contribution in [-0.4, -0.2) is 55.9 Å². The molecule has 5 unspecified atom stereocenters. The van der Waals surface area contributed by atoms with E-state index in [0.717, 1.165) is 0 Å². The fourth-order valence-corrected chi connectivity index (χ4v) is 1.96. The summed E-state index contributed by atoms with van der Waals surface area (Å²) in [4.78, 5) is 11.1. The zero-order valence-corrected chi connectivity index (χ0v) is 9.97. The van der Waals surface area contributed by atoms with Crippen molar-refractivity contribution in [2.75, 3.05) is 14.2 Å². The summed E-state index contributed by atoms with van der Waals surface area (Å²) in [5, 5.41) is 12.6. The van der Waals surface area contributed by atoms with Crippen LogP contribution in [0.4, 0.5) is 0 Å². The van der Waals surface area contributed by atoms with E-state index in [1.54, 1.807) is 6.92 Å². The lowest BCUT2D eigenvalue weighted by molar-refractivity contribution is -0.265. The van der Waals surface area contributed by atoms with Crippen LogP contribution in [0, 0.1) is 0 Å². The van der Waals surface area contributed by atoms with E-state index in [9.17, 15) is 9.90 Å². The molecule has 0 saturated carbocycles. The van der Waals surface area contributed by atoms with Gasteiger partial charge in [-0.25, -0.2) is 0 Å². The molecule has 16 heavy (non-hydrogen) atoms. The van der Waals surface area contributed by atoms with Crippen molar-refractivity contribution in [3.63, 3.8) is 0 Å². The third kappa shape index (κ3) is 2.70. The van der Waals surface area contributed by atoms with Gasteiger partial charge in [0.05, 0.1) is 12.1 Å². The normalized spacial score (nSPS) is 39.4. The molecule has 1 heterocycles. The summed E-state index contributed by atoms with van der Waals surface area (Å²) in [6.07, 6.45) is -2.37. The monoisotopic (exact) mass is 233 g/mol. The van der Waals surface area contributed by atoms with Crippen molar-refractivity contribution in [1.82, 2.24) is 5.32 Å². The lowest BCUT2D eigenvalue weighted by Crippen LogP contribution is -2.63. The van der Waals surface area contributed by atoms with Crippen LogP contribution in [-0.2, 0) is 19.0 Å². The number of hydrogen-bond donors (Lipinski definition) is 2. The summed E-state index contributed by atoms with van der Waals surface area (Å²) in [5.74, 6) is -0.227. The van der Waals surface area contributed by atoms with E-state index in [-0.39, 0.29) is 12.0 Å². The van der Waals surface area contributed by atoms with Gasteiger partial charge in [0.2, 0.25) is 5.91 Å². The van der Waals surface area contributed by atoms with Crippen molar-refractivity contribution in [1.29, 1.82) is 0 Å². The first-order chi connectivity index (χ1) is 7.51.